The Hall–Kier alpha value is -1.00. The van der Waals surface area contributed by atoms with E-state index in [2.05, 4.69) is 0 Å². The maximum atomic E-state index is 12.8. The molecule has 96 valence electrons. The number of alkyl halides is 3. The van der Waals surface area contributed by atoms with Gasteiger partial charge in [-0.25, -0.2) is 0 Å². The molecule has 1 aliphatic heterocycles. The van der Waals surface area contributed by atoms with Crippen molar-refractivity contribution in [2.75, 3.05) is 13.1 Å². The fraction of sp³-hybridized carbons (Fsp3) is 0.750. The van der Waals surface area contributed by atoms with Gasteiger partial charge in [0.1, 0.15) is 5.57 Å². The van der Waals surface area contributed by atoms with E-state index in [1.54, 1.807) is 0 Å². The molecule has 0 aromatic carbocycles. The van der Waals surface area contributed by atoms with Gasteiger partial charge in [0.2, 0.25) is 0 Å². The molecule has 1 amide bonds. The van der Waals surface area contributed by atoms with Gasteiger partial charge >= 0.3 is 6.18 Å². The highest BCUT2D eigenvalue weighted by atomic mass is 19.4. The van der Waals surface area contributed by atoms with Crippen LogP contribution in [0.1, 0.15) is 32.1 Å². The number of hydrogen-bond donors (Lipinski definition) is 0. The van der Waals surface area contributed by atoms with Crippen molar-refractivity contribution >= 4 is 5.91 Å². The Kier molecular flexibility index (Phi) is 3.45. The zero-order valence-corrected chi connectivity index (χ0v) is 9.59. The third-order valence-electron chi connectivity index (χ3n) is 3.20. The van der Waals surface area contributed by atoms with Gasteiger partial charge in [0, 0.05) is 13.1 Å². The van der Waals surface area contributed by atoms with Gasteiger partial charge in [-0.15, -0.1) is 0 Å². The molecule has 0 N–H and O–H groups in total. The first-order chi connectivity index (χ1) is 7.98. The fourth-order valence-electron chi connectivity index (χ4n) is 2.05. The highest BCUT2D eigenvalue weighted by Crippen LogP contribution is 2.36. The number of amides is 1. The lowest BCUT2D eigenvalue weighted by Gasteiger charge is -2.28. The van der Waals surface area contributed by atoms with Crippen LogP contribution in [0.15, 0.2) is 11.6 Å². The van der Waals surface area contributed by atoms with Crippen LogP contribution in [0.2, 0.25) is 0 Å². The predicted molar refractivity (Wildman–Crippen MR) is 57.3 cm³/mol. The van der Waals surface area contributed by atoms with Crippen LogP contribution in [0.3, 0.4) is 0 Å². The molecule has 1 heterocycles. The highest BCUT2D eigenvalue weighted by Gasteiger charge is 2.42. The lowest BCUT2D eigenvalue weighted by atomic mass is 10.1. The van der Waals surface area contributed by atoms with Gasteiger partial charge in [-0.05, 0) is 38.0 Å². The Bertz CT molecular complexity index is 325. The number of allylic oxidation sites excluding steroid dienone is 1. The second kappa shape index (κ2) is 4.70. The molecule has 0 radical (unpaired) electrons. The van der Waals surface area contributed by atoms with E-state index in [1.807, 2.05) is 0 Å². The molecule has 1 saturated carbocycles. The molecule has 1 aliphatic carbocycles. The molecule has 0 unspecified atom stereocenters. The number of likely N-dealkylation sites (tertiary alicyclic amines) is 1. The van der Waals surface area contributed by atoms with Crippen LogP contribution in [0, 0.1) is 5.92 Å². The molecular formula is C12H16F3NO. The van der Waals surface area contributed by atoms with Crippen LogP contribution in [0.25, 0.3) is 0 Å². The molecule has 0 spiro atoms. The van der Waals surface area contributed by atoms with Gasteiger partial charge in [-0.3, -0.25) is 4.79 Å². The minimum absolute atomic E-state index is 0.0413. The Morgan fingerprint density at radius 2 is 1.71 bits per heavy atom. The minimum Gasteiger partial charge on any atom is -0.339 e. The average Bonchev–Trinajstić information content (AvgIpc) is 3.08. The van der Waals surface area contributed by atoms with Crippen molar-refractivity contribution in [3.8, 4) is 0 Å². The molecule has 2 nitrogen and oxygen atoms in total. The number of carbonyl (C=O) groups excluding carboxylic acids is 1. The number of piperidine rings is 1. The smallest absolute Gasteiger partial charge is 0.339 e. The highest BCUT2D eigenvalue weighted by molar-refractivity contribution is 5.94. The van der Waals surface area contributed by atoms with E-state index in [0.717, 1.165) is 38.2 Å². The van der Waals surface area contributed by atoms with Crippen molar-refractivity contribution < 1.29 is 18.0 Å². The molecule has 0 bridgehead atoms. The third kappa shape index (κ3) is 3.23. The predicted octanol–water partition coefficient (Wildman–Crippen LogP) is 2.90. The summed E-state index contributed by atoms with van der Waals surface area (Å²) in [6, 6.07) is 0. The van der Waals surface area contributed by atoms with Gasteiger partial charge < -0.3 is 4.90 Å². The molecular weight excluding hydrogens is 231 g/mol. The topological polar surface area (TPSA) is 20.3 Å². The van der Waals surface area contributed by atoms with Crippen LogP contribution in [0.5, 0.6) is 0 Å². The summed E-state index contributed by atoms with van der Waals surface area (Å²) in [6.07, 6.45) is 0.756. The maximum absolute atomic E-state index is 12.8. The Morgan fingerprint density at radius 3 is 2.18 bits per heavy atom. The molecule has 2 aliphatic rings. The molecule has 0 atom stereocenters. The van der Waals surface area contributed by atoms with E-state index in [1.165, 1.54) is 4.90 Å². The molecule has 0 aromatic heterocycles. The van der Waals surface area contributed by atoms with Gasteiger partial charge in [0.15, 0.2) is 0 Å². The van der Waals surface area contributed by atoms with Gasteiger partial charge in [-0.1, -0.05) is 6.08 Å². The van der Waals surface area contributed by atoms with Gasteiger partial charge in [0.25, 0.3) is 5.91 Å². The SMILES string of the molecule is O=C(C(=CC1CC1)C(F)(F)F)N1CCCCC1. The molecule has 2 fully saturated rings. The number of hydrogen-bond acceptors (Lipinski definition) is 1. The Labute approximate surface area is 98.5 Å². The van der Waals surface area contributed by atoms with Crippen molar-refractivity contribution in [3.05, 3.63) is 11.6 Å². The van der Waals surface area contributed by atoms with Crippen LogP contribution in [0.4, 0.5) is 13.2 Å². The standard InChI is InChI=1S/C12H16F3NO/c13-12(14,15)10(8-9-4-5-9)11(17)16-6-2-1-3-7-16/h8-9H,1-7H2. The van der Waals surface area contributed by atoms with E-state index in [4.69, 9.17) is 0 Å². The van der Waals surface area contributed by atoms with Crippen LogP contribution >= 0.6 is 0 Å². The summed E-state index contributed by atoms with van der Waals surface area (Å²) in [5, 5.41) is 0. The van der Waals surface area contributed by atoms with Crippen LogP contribution < -0.4 is 0 Å². The molecule has 0 aromatic rings. The Morgan fingerprint density at radius 1 is 1.12 bits per heavy atom. The molecule has 1 saturated heterocycles. The second-order valence-corrected chi connectivity index (χ2v) is 4.77. The number of halogens is 3. The minimum atomic E-state index is -4.52. The van der Waals surface area contributed by atoms with Gasteiger partial charge in [0.05, 0.1) is 0 Å². The van der Waals surface area contributed by atoms with E-state index < -0.39 is 17.7 Å². The maximum Gasteiger partial charge on any atom is 0.421 e. The summed E-state index contributed by atoms with van der Waals surface area (Å²) in [6.45, 7) is 0.911. The first-order valence-electron chi connectivity index (χ1n) is 6.07. The number of rotatable bonds is 2. The van der Waals surface area contributed by atoms with Crippen molar-refractivity contribution in [1.82, 2.24) is 4.90 Å². The van der Waals surface area contributed by atoms with E-state index in [9.17, 15) is 18.0 Å². The van der Waals surface area contributed by atoms with Gasteiger partial charge in [-0.2, -0.15) is 13.2 Å². The van der Waals surface area contributed by atoms with Crippen molar-refractivity contribution in [3.63, 3.8) is 0 Å². The van der Waals surface area contributed by atoms with Crippen molar-refractivity contribution in [2.24, 2.45) is 5.92 Å². The zero-order valence-electron chi connectivity index (χ0n) is 9.59. The summed E-state index contributed by atoms with van der Waals surface area (Å²) in [5.74, 6) is -0.871. The Balaban J connectivity index is 2.11. The average molecular weight is 247 g/mol. The third-order valence-corrected chi connectivity index (χ3v) is 3.20. The van der Waals surface area contributed by atoms with E-state index in [-0.39, 0.29) is 5.92 Å². The van der Waals surface area contributed by atoms with Crippen molar-refractivity contribution in [1.29, 1.82) is 0 Å². The number of nitrogens with zero attached hydrogens (tertiary/aromatic N) is 1. The first kappa shape index (κ1) is 12.5. The summed E-state index contributed by atoms with van der Waals surface area (Å²) < 4.78 is 38.4. The summed E-state index contributed by atoms with van der Waals surface area (Å²) in [4.78, 5) is 13.2. The molecule has 2 rings (SSSR count). The normalized spacial score (nSPS) is 22.8. The summed E-state index contributed by atoms with van der Waals surface area (Å²) >= 11 is 0. The number of carbonyl (C=O) groups is 1. The second-order valence-electron chi connectivity index (χ2n) is 4.77. The lowest BCUT2D eigenvalue weighted by molar-refractivity contribution is -0.140. The largest absolute Gasteiger partial charge is 0.421 e. The lowest BCUT2D eigenvalue weighted by Crippen LogP contribution is -2.39. The quantitative estimate of drug-likeness (QED) is 0.687. The monoisotopic (exact) mass is 247 g/mol. The molecule has 5 heteroatoms. The van der Waals surface area contributed by atoms with Crippen molar-refractivity contribution in [2.45, 2.75) is 38.3 Å². The summed E-state index contributed by atoms with van der Waals surface area (Å²) in [5.41, 5.74) is -0.957. The molecule has 17 heavy (non-hydrogen) atoms. The van der Waals surface area contributed by atoms with Crippen LogP contribution in [-0.2, 0) is 4.79 Å². The van der Waals surface area contributed by atoms with E-state index in [0.29, 0.717) is 13.1 Å². The fourth-order valence-corrected chi connectivity index (χ4v) is 2.05. The zero-order chi connectivity index (χ0) is 12.5. The first-order valence-corrected chi connectivity index (χ1v) is 6.07. The van der Waals surface area contributed by atoms with E-state index >= 15 is 0 Å². The van der Waals surface area contributed by atoms with Crippen LogP contribution in [-0.4, -0.2) is 30.1 Å². The summed E-state index contributed by atoms with van der Waals surface area (Å²) in [7, 11) is 0.